The largest absolute Gasteiger partial charge is 0.327 e. The van der Waals surface area contributed by atoms with Crippen LogP contribution in [0.4, 0.5) is 0 Å². The van der Waals surface area contributed by atoms with Crippen LogP contribution in [0.2, 0.25) is 5.02 Å². The van der Waals surface area contributed by atoms with Gasteiger partial charge in [-0.15, -0.1) is 0 Å². The van der Waals surface area contributed by atoms with Gasteiger partial charge in [0.15, 0.2) is 0 Å². The van der Waals surface area contributed by atoms with Gasteiger partial charge in [-0.3, -0.25) is 4.68 Å². The predicted octanol–water partition coefficient (Wildman–Crippen LogP) is 2.94. The quantitative estimate of drug-likeness (QED) is 0.901. The number of nitrogens with zero attached hydrogens (tertiary/aromatic N) is 2. The first-order chi connectivity index (χ1) is 7.74. The molecular weight excluding hydrogens is 234 g/mol. The Morgan fingerprint density at radius 1 is 1.41 bits per heavy atom. The summed E-state index contributed by atoms with van der Waals surface area (Å²) < 4.78 is 1.86. The minimum Gasteiger partial charge on any atom is -0.327 e. The lowest BCUT2D eigenvalue weighted by Crippen LogP contribution is -2.29. The van der Waals surface area contributed by atoms with Crippen molar-refractivity contribution in [1.82, 2.24) is 9.78 Å². The summed E-state index contributed by atoms with van der Waals surface area (Å²) in [5.74, 6) is 0. The molecule has 0 fully saturated rings. The second-order valence-corrected chi connectivity index (χ2v) is 6.29. The van der Waals surface area contributed by atoms with Gasteiger partial charge >= 0.3 is 0 Å². The highest BCUT2D eigenvalue weighted by atomic mass is 35.5. The van der Waals surface area contributed by atoms with Crippen LogP contribution in [0, 0.1) is 5.41 Å². The first-order valence-corrected chi connectivity index (χ1v) is 6.58. The third-order valence-corrected chi connectivity index (χ3v) is 3.27. The Balaban J connectivity index is 2.78. The van der Waals surface area contributed by atoms with Crippen molar-refractivity contribution in [3.05, 3.63) is 16.4 Å². The second-order valence-electron chi connectivity index (χ2n) is 5.91. The van der Waals surface area contributed by atoms with Crippen LogP contribution in [0.15, 0.2) is 0 Å². The Labute approximate surface area is 109 Å². The van der Waals surface area contributed by atoms with E-state index < -0.39 is 0 Å². The summed E-state index contributed by atoms with van der Waals surface area (Å²) in [6.07, 6.45) is 2.64. The van der Waals surface area contributed by atoms with E-state index in [-0.39, 0.29) is 11.5 Å². The molecule has 0 aliphatic carbocycles. The Bertz CT molecular complexity index is 377. The van der Waals surface area contributed by atoms with Crippen molar-refractivity contribution in [2.75, 3.05) is 0 Å². The molecule has 0 saturated heterocycles. The zero-order valence-corrected chi connectivity index (χ0v) is 12.3. The number of halogens is 1. The van der Waals surface area contributed by atoms with Crippen LogP contribution >= 0.6 is 11.6 Å². The van der Waals surface area contributed by atoms with Crippen LogP contribution in [0.5, 0.6) is 0 Å². The van der Waals surface area contributed by atoms with Crippen LogP contribution < -0.4 is 5.73 Å². The highest BCUT2D eigenvalue weighted by Crippen LogP contribution is 2.25. The number of hydrogen-bond donors (Lipinski definition) is 1. The monoisotopic (exact) mass is 257 g/mol. The van der Waals surface area contributed by atoms with E-state index in [1.807, 2.05) is 11.7 Å². The van der Waals surface area contributed by atoms with Crippen molar-refractivity contribution < 1.29 is 0 Å². The molecule has 1 unspecified atom stereocenters. The third-order valence-electron chi connectivity index (χ3n) is 2.83. The van der Waals surface area contributed by atoms with Gasteiger partial charge in [0.1, 0.15) is 0 Å². The lowest BCUT2D eigenvalue weighted by atomic mass is 9.87. The molecule has 1 atom stereocenters. The SMILES string of the molecule is CCc1nn(C)c(CC(N)CC(C)(C)C)c1Cl. The maximum Gasteiger partial charge on any atom is 0.0850 e. The van der Waals surface area contributed by atoms with Crippen LogP contribution in [-0.4, -0.2) is 15.8 Å². The molecule has 0 aliphatic rings. The van der Waals surface area contributed by atoms with E-state index in [2.05, 4.69) is 32.8 Å². The normalized spacial score (nSPS) is 14.1. The number of aryl methyl sites for hydroxylation is 2. The smallest absolute Gasteiger partial charge is 0.0850 e. The average Bonchev–Trinajstić information content (AvgIpc) is 2.42. The molecule has 1 heterocycles. The molecule has 3 nitrogen and oxygen atoms in total. The molecule has 0 bridgehead atoms. The molecule has 0 aromatic carbocycles. The zero-order chi connectivity index (χ0) is 13.2. The number of hydrogen-bond acceptors (Lipinski definition) is 2. The van der Waals surface area contributed by atoms with Crippen LogP contribution in [0.1, 0.15) is 45.5 Å². The van der Waals surface area contributed by atoms with Crippen molar-refractivity contribution in [3.63, 3.8) is 0 Å². The minimum absolute atomic E-state index is 0.132. The molecule has 2 N–H and O–H groups in total. The summed E-state index contributed by atoms with van der Waals surface area (Å²) in [7, 11) is 1.93. The van der Waals surface area contributed by atoms with E-state index in [9.17, 15) is 0 Å². The zero-order valence-electron chi connectivity index (χ0n) is 11.5. The van der Waals surface area contributed by atoms with Crippen molar-refractivity contribution in [3.8, 4) is 0 Å². The fourth-order valence-corrected chi connectivity index (χ4v) is 2.52. The van der Waals surface area contributed by atoms with E-state index in [1.165, 1.54) is 0 Å². The molecular formula is C13H24ClN3. The molecule has 0 spiro atoms. The highest BCUT2D eigenvalue weighted by molar-refractivity contribution is 6.31. The van der Waals surface area contributed by atoms with Crippen LogP contribution in [-0.2, 0) is 19.9 Å². The fourth-order valence-electron chi connectivity index (χ4n) is 2.15. The second kappa shape index (κ2) is 5.40. The Morgan fingerprint density at radius 3 is 2.41 bits per heavy atom. The van der Waals surface area contributed by atoms with E-state index in [1.54, 1.807) is 0 Å². The molecule has 1 aromatic heterocycles. The summed E-state index contributed by atoms with van der Waals surface area (Å²) in [6, 6.07) is 0.132. The molecule has 17 heavy (non-hydrogen) atoms. The molecule has 0 saturated carbocycles. The van der Waals surface area contributed by atoms with Gasteiger partial charge in [-0.2, -0.15) is 5.10 Å². The fraction of sp³-hybridized carbons (Fsp3) is 0.769. The average molecular weight is 258 g/mol. The van der Waals surface area contributed by atoms with Crippen molar-refractivity contribution in [2.45, 2.75) is 53.0 Å². The van der Waals surface area contributed by atoms with Gasteiger partial charge in [0.2, 0.25) is 0 Å². The van der Waals surface area contributed by atoms with Gasteiger partial charge in [0, 0.05) is 19.5 Å². The lowest BCUT2D eigenvalue weighted by molar-refractivity contribution is 0.336. The third kappa shape index (κ3) is 4.00. The van der Waals surface area contributed by atoms with Crippen LogP contribution in [0.3, 0.4) is 0 Å². The first kappa shape index (κ1) is 14.5. The molecule has 0 aliphatic heterocycles. The molecule has 0 radical (unpaired) electrons. The van der Waals surface area contributed by atoms with Gasteiger partial charge in [0.05, 0.1) is 16.4 Å². The summed E-state index contributed by atoms with van der Waals surface area (Å²) in [6.45, 7) is 8.67. The Kier molecular flexibility index (Phi) is 4.62. The van der Waals surface area contributed by atoms with Gasteiger partial charge in [-0.25, -0.2) is 0 Å². The maximum atomic E-state index is 6.31. The molecule has 0 amide bonds. The Hall–Kier alpha value is -0.540. The lowest BCUT2D eigenvalue weighted by Gasteiger charge is -2.23. The summed E-state index contributed by atoms with van der Waals surface area (Å²) >= 11 is 6.31. The molecule has 98 valence electrons. The van der Waals surface area contributed by atoms with Crippen molar-refractivity contribution >= 4 is 11.6 Å². The number of nitrogens with two attached hydrogens (primary N) is 1. The first-order valence-electron chi connectivity index (χ1n) is 6.20. The topological polar surface area (TPSA) is 43.8 Å². The Morgan fingerprint density at radius 2 is 2.00 bits per heavy atom. The number of rotatable bonds is 4. The highest BCUT2D eigenvalue weighted by Gasteiger charge is 2.20. The summed E-state index contributed by atoms with van der Waals surface area (Å²) in [5.41, 5.74) is 8.45. The van der Waals surface area contributed by atoms with E-state index in [0.717, 1.165) is 35.7 Å². The molecule has 4 heteroatoms. The molecule has 1 aromatic rings. The molecule has 1 rings (SSSR count). The van der Waals surface area contributed by atoms with E-state index >= 15 is 0 Å². The van der Waals surface area contributed by atoms with Crippen molar-refractivity contribution in [1.29, 1.82) is 0 Å². The maximum absolute atomic E-state index is 6.31. The summed E-state index contributed by atoms with van der Waals surface area (Å²) in [4.78, 5) is 0. The van der Waals surface area contributed by atoms with Gasteiger partial charge in [-0.1, -0.05) is 39.3 Å². The van der Waals surface area contributed by atoms with Gasteiger partial charge < -0.3 is 5.73 Å². The van der Waals surface area contributed by atoms with Gasteiger partial charge in [-0.05, 0) is 18.3 Å². The predicted molar refractivity (Wildman–Crippen MR) is 73.3 cm³/mol. The standard InChI is InChI=1S/C13H24ClN3/c1-6-10-12(14)11(17(5)16-10)7-9(15)8-13(2,3)4/h9H,6-8,15H2,1-5H3. The van der Waals surface area contributed by atoms with Crippen LogP contribution in [0.25, 0.3) is 0 Å². The van der Waals surface area contributed by atoms with E-state index in [0.29, 0.717) is 0 Å². The van der Waals surface area contributed by atoms with E-state index in [4.69, 9.17) is 17.3 Å². The summed E-state index contributed by atoms with van der Waals surface area (Å²) in [5, 5.41) is 5.20. The van der Waals surface area contributed by atoms with Crippen molar-refractivity contribution in [2.24, 2.45) is 18.2 Å². The number of aromatic nitrogens is 2. The minimum atomic E-state index is 0.132. The van der Waals surface area contributed by atoms with Gasteiger partial charge in [0.25, 0.3) is 0 Å².